The molecule has 11 nitrogen and oxygen atoms in total. The van der Waals surface area contributed by atoms with Crippen molar-refractivity contribution in [3.05, 3.63) is 75.6 Å². The minimum Gasteiger partial charge on any atom is -0.480 e. The van der Waals surface area contributed by atoms with E-state index < -0.39 is 58.9 Å². The number of nitrogens with zero attached hydrogens (tertiary/aromatic N) is 1. The van der Waals surface area contributed by atoms with Gasteiger partial charge in [0.05, 0.1) is 18.0 Å². The monoisotopic (exact) mass is 503 g/mol. The zero-order valence-electron chi connectivity index (χ0n) is 19.6. The molecule has 0 radical (unpaired) electrons. The van der Waals surface area contributed by atoms with Gasteiger partial charge in [-0.2, -0.15) is 0 Å². The van der Waals surface area contributed by atoms with Gasteiger partial charge in [0.2, 0.25) is 11.8 Å². The van der Waals surface area contributed by atoms with Gasteiger partial charge >= 0.3 is 11.9 Å². The average molecular weight is 503 g/mol. The van der Waals surface area contributed by atoms with Crippen molar-refractivity contribution in [3.63, 3.8) is 0 Å². The van der Waals surface area contributed by atoms with Gasteiger partial charge < -0.3 is 20.5 Å². The largest absolute Gasteiger partial charge is 0.480 e. The van der Waals surface area contributed by atoms with Crippen molar-refractivity contribution < 1.29 is 38.3 Å². The molecule has 0 bridgehead atoms. The molecule has 0 heterocycles. The molecule has 192 valence electrons. The molecule has 3 atom stereocenters. The Labute approximate surface area is 205 Å². The van der Waals surface area contributed by atoms with Crippen LogP contribution in [0.2, 0.25) is 0 Å². The fraction of sp³-hybridized carbons (Fsp3) is 0.333. The van der Waals surface area contributed by atoms with E-state index >= 15 is 0 Å². The number of carboxylic acids is 1. The topological polar surface area (TPSA) is 165 Å². The molecule has 0 aliphatic heterocycles. The fourth-order valence-corrected chi connectivity index (χ4v) is 3.57. The number of halogens is 1. The molecule has 0 spiro atoms. The van der Waals surface area contributed by atoms with Gasteiger partial charge in [0.1, 0.15) is 17.9 Å². The number of non-ortho nitro benzene ring substituents is 1. The number of nitrogens with one attached hydrogen (secondary N) is 2. The van der Waals surface area contributed by atoms with Crippen LogP contribution in [0, 0.1) is 15.9 Å². The first-order valence-corrected chi connectivity index (χ1v) is 11.0. The first-order valence-electron chi connectivity index (χ1n) is 11.0. The quantitative estimate of drug-likeness (QED) is 0.225. The van der Waals surface area contributed by atoms with Gasteiger partial charge in [-0.05, 0) is 30.2 Å². The van der Waals surface area contributed by atoms with Crippen LogP contribution in [0.1, 0.15) is 37.3 Å². The van der Waals surface area contributed by atoms with E-state index in [4.69, 9.17) is 4.74 Å². The molecule has 2 rings (SSSR count). The molecule has 0 aliphatic rings. The van der Waals surface area contributed by atoms with Crippen LogP contribution in [0.15, 0.2) is 48.5 Å². The number of hydrogen-bond acceptors (Lipinski definition) is 7. The Bertz CT molecular complexity index is 1110. The molecule has 2 aromatic carbocycles. The number of rotatable bonds is 12. The maximum atomic E-state index is 13.2. The van der Waals surface area contributed by atoms with E-state index in [1.54, 1.807) is 6.92 Å². The van der Waals surface area contributed by atoms with Gasteiger partial charge in [-0.3, -0.25) is 24.5 Å². The van der Waals surface area contributed by atoms with E-state index in [1.807, 2.05) is 0 Å². The van der Waals surface area contributed by atoms with Crippen LogP contribution >= 0.6 is 0 Å². The summed E-state index contributed by atoms with van der Waals surface area (Å²) in [7, 11) is 0. The predicted octanol–water partition coefficient (Wildman–Crippen LogP) is 2.09. The smallest absolute Gasteiger partial charge is 0.326 e. The molecule has 2 amide bonds. The van der Waals surface area contributed by atoms with Crippen LogP contribution in [0.3, 0.4) is 0 Å². The van der Waals surface area contributed by atoms with Crippen LogP contribution < -0.4 is 10.6 Å². The van der Waals surface area contributed by atoms with Gasteiger partial charge in [0, 0.05) is 31.4 Å². The minimum atomic E-state index is -1.65. The Kier molecular flexibility index (Phi) is 10.0. The average Bonchev–Trinajstić information content (AvgIpc) is 2.82. The summed E-state index contributed by atoms with van der Waals surface area (Å²) in [4.78, 5) is 59.6. The van der Waals surface area contributed by atoms with Crippen LogP contribution in [0.4, 0.5) is 10.1 Å². The van der Waals surface area contributed by atoms with Gasteiger partial charge in [-0.25, -0.2) is 9.18 Å². The number of carbonyl (C=O) groups excluding carboxylic acids is 3. The highest BCUT2D eigenvalue weighted by atomic mass is 19.1. The number of amides is 2. The van der Waals surface area contributed by atoms with E-state index in [9.17, 15) is 38.8 Å². The molecule has 0 aliphatic carbocycles. The van der Waals surface area contributed by atoms with E-state index in [0.29, 0.717) is 5.56 Å². The molecule has 0 saturated heterocycles. The van der Waals surface area contributed by atoms with E-state index in [2.05, 4.69) is 10.6 Å². The van der Waals surface area contributed by atoms with Gasteiger partial charge in [0.15, 0.2) is 0 Å². The van der Waals surface area contributed by atoms with Crippen molar-refractivity contribution in [1.29, 1.82) is 0 Å². The molecular weight excluding hydrogens is 477 g/mol. The second kappa shape index (κ2) is 12.9. The summed E-state index contributed by atoms with van der Waals surface area (Å²) in [5, 5.41) is 25.7. The molecule has 36 heavy (non-hydrogen) atoms. The molecule has 0 saturated carbocycles. The molecular formula is C24H26FN3O8. The summed E-state index contributed by atoms with van der Waals surface area (Å²) < 4.78 is 18.2. The lowest BCUT2D eigenvalue weighted by Crippen LogP contribution is -2.54. The Balaban J connectivity index is 2.37. The summed E-state index contributed by atoms with van der Waals surface area (Å²) in [6.07, 6.45) is -0.496. The van der Waals surface area contributed by atoms with Crippen molar-refractivity contribution in [2.45, 2.75) is 44.7 Å². The third-order valence-electron chi connectivity index (χ3n) is 5.24. The third-order valence-corrected chi connectivity index (χ3v) is 5.24. The van der Waals surface area contributed by atoms with Crippen LogP contribution in [-0.4, -0.2) is 52.5 Å². The molecule has 0 aromatic heterocycles. The van der Waals surface area contributed by atoms with Crippen LogP contribution in [-0.2, 0) is 30.3 Å². The first kappa shape index (κ1) is 27.9. The fourth-order valence-electron chi connectivity index (χ4n) is 3.57. The van der Waals surface area contributed by atoms with Crippen molar-refractivity contribution in [1.82, 2.24) is 10.6 Å². The number of benzene rings is 2. The molecule has 3 N–H and O–H groups in total. The highest BCUT2D eigenvalue weighted by Gasteiger charge is 2.35. The van der Waals surface area contributed by atoms with E-state index in [0.717, 1.165) is 12.1 Å². The number of aliphatic carboxylic acids is 1. The van der Waals surface area contributed by atoms with E-state index in [-0.39, 0.29) is 24.3 Å². The summed E-state index contributed by atoms with van der Waals surface area (Å²) in [6, 6.07) is 7.28. The lowest BCUT2D eigenvalue weighted by Gasteiger charge is -2.27. The second-order valence-corrected chi connectivity index (χ2v) is 7.87. The minimum absolute atomic E-state index is 0.0399. The Morgan fingerprint density at radius 3 is 2.17 bits per heavy atom. The number of nitro groups is 1. The van der Waals surface area contributed by atoms with Gasteiger partial charge in [-0.15, -0.1) is 0 Å². The zero-order valence-corrected chi connectivity index (χ0v) is 19.6. The normalized spacial score (nSPS) is 13.1. The number of carbonyl (C=O) groups is 4. The second-order valence-electron chi connectivity index (χ2n) is 7.87. The summed E-state index contributed by atoms with van der Waals surface area (Å²) in [5.41, 5.74) is 0.515. The summed E-state index contributed by atoms with van der Waals surface area (Å²) in [5.74, 6) is -5.24. The maximum Gasteiger partial charge on any atom is 0.326 e. The van der Waals surface area contributed by atoms with Gasteiger partial charge in [-0.1, -0.05) is 24.3 Å². The lowest BCUT2D eigenvalue weighted by atomic mass is 9.88. The first-order chi connectivity index (χ1) is 17.0. The predicted molar refractivity (Wildman–Crippen MR) is 124 cm³/mol. The van der Waals surface area contributed by atoms with Crippen LogP contribution in [0.5, 0.6) is 0 Å². The van der Waals surface area contributed by atoms with Crippen molar-refractivity contribution >= 4 is 29.4 Å². The Morgan fingerprint density at radius 2 is 1.67 bits per heavy atom. The van der Waals surface area contributed by atoms with E-state index in [1.165, 1.54) is 43.3 Å². The highest BCUT2D eigenvalue weighted by Crippen LogP contribution is 2.27. The SMILES string of the molecule is CCOC(=O)C[C@H](c1ccc([N+](=O)[O-])cc1)[C@@H](NC(=O)[C@@H](Cc1ccc(F)cc1)NC(C)=O)C(=O)O. The van der Waals surface area contributed by atoms with Crippen molar-refractivity contribution in [2.24, 2.45) is 0 Å². The molecule has 2 aromatic rings. The summed E-state index contributed by atoms with van der Waals surface area (Å²) in [6.45, 7) is 2.79. The lowest BCUT2D eigenvalue weighted by molar-refractivity contribution is -0.384. The summed E-state index contributed by atoms with van der Waals surface area (Å²) >= 11 is 0. The van der Waals surface area contributed by atoms with Crippen LogP contribution in [0.25, 0.3) is 0 Å². The number of hydrogen-bond donors (Lipinski definition) is 3. The third kappa shape index (κ3) is 8.15. The number of carboxylic acid groups (broad SMARTS) is 1. The van der Waals surface area contributed by atoms with Crippen molar-refractivity contribution in [2.75, 3.05) is 6.61 Å². The zero-order chi connectivity index (χ0) is 26.8. The standard InChI is InChI=1S/C24H26FN3O8/c1-3-36-21(30)13-19(16-6-10-18(11-7-16)28(34)35)22(24(32)33)27-23(31)20(26-14(2)29)12-15-4-8-17(25)9-5-15/h4-11,19-20,22H,3,12-13H2,1-2H3,(H,26,29)(H,27,31)(H,32,33)/t19-,20-,22-/m1/s1. The highest BCUT2D eigenvalue weighted by molar-refractivity contribution is 5.91. The molecule has 0 unspecified atom stereocenters. The Hall–Kier alpha value is -4.35. The number of nitro benzene ring substituents is 1. The van der Waals surface area contributed by atoms with Gasteiger partial charge in [0.25, 0.3) is 5.69 Å². The molecule has 0 fully saturated rings. The van der Waals surface area contributed by atoms with Crippen molar-refractivity contribution in [3.8, 4) is 0 Å². The number of ether oxygens (including phenoxy) is 1. The maximum absolute atomic E-state index is 13.2. The molecule has 12 heteroatoms. The number of esters is 1. The Morgan fingerprint density at radius 1 is 1.06 bits per heavy atom.